The summed E-state index contributed by atoms with van der Waals surface area (Å²) in [7, 11) is 0. The Morgan fingerprint density at radius 1 is 1.62 bits per heavy atom. The summed E-state index contributed by atoms with van der Waals surface area (Å²) >= 11 is 5.74. The molecule has 1 aromatic heterocycles. The van der Waals surface area contributed by atoms with Crippen molar-refractivity contribution in [3.05, 3.63) is 11.7 Å². The summed E-state index contributed by atoms with van der Waals surface area (Å²) in [5.41, 5.74) is 0. The van der Waals surface area contributed by atoms with Crippen LogP contribution in [0.25, 0.3) is 0 Å². The molecule has 0 aromatic carbocycles. The van der Waals surface area contributed by atoms with Crippen LogP contribution in [-0.2, 0) is 11.3 Å². The summed E-state index contributed by atoms with van der Waals surface area (Å²) < 4.78 is 10.1. The third-order valence-electron chi connectivity index (χ3n) is 1.40. The lowest BCUT2D eigenvalue weighted by Crippen LogP contribution is -1.96. The van der Waals surface area contributed by atoms with Crippen molar-refractivity contribution in [2.75, 3.05) is 6.61 Å². The molecule has 0 bridgehead atoms. The van der Waals surface area contributed by atoms with E-state index in [4.69, 9.17) is 20.9 Å². The molecule has 0 aliphatic rings. The molecule has 74 valence electrons. The first kappa shape index (κ1) is 10.5. The minimum Gasteiger partial charge on any atom is -0.373 e. The molecule has 0 amide bonds. The van der Waals surface area contributed by atoms with Crippen molar-refractivity contribution in [1.29, 1.82) is 0 Å². The topological polar surface area (TPSA) is 48.2 Å². The lowest BCUT2D eigenvalue weighted by molar-refractivity contribution is 0.114. The molecule has 0 aliphatic heterocycles. The van der Waals surface area contributed by atoms with Crippen molar-refractivity contribution in [2.24, 2.45) is 0 Å². The van der Waals surface area contributed by atoms with Crippen LogP contribution in [0, 0.1) is 0 Å². The maximum Gasteiger partial charge on any atom is 0.244 e. The highest BCUT2D eigenvalue weighted by Crippen LogP contribution is 2.16. The van der Waals surface area contributed by atoms with E-state index in [0.717, 1.165) is 6.42 Å². The average molecular weight is 205 g/mol. The molecule has 0 spiro atoms. The minimum absolute atomic E-state index is 0.243. The average Bonchev–Trinajstić information content (AvgIpc) is 2.53. The van der Waals surface area contributed by atoms with Gasteiger partial charge < -0.3 is 9.26 Å². The van der Waals surface area contributed by atoms with Crippen LogP contribution in [0.4, 0.5) is 0 Å². The molecule has 0 N–H and O–H groups in total. The third-order valence-corrected chi connectivity index (χ3v) is 1.59. The van der Waals surface area contributed by atoms with Crippen molar-refractivity contribution >= 4 is 11.6 Å². The van der Waals surface area contributed by atoms with Crippen molar-refractivity contribution in [1.82, 2.24) is 10.1 Å². The van der Waals surface area contributed by atoms with Crippen LogP contribution < -0.4 is 0 Å². The Kier molecular flexibility index (Phi) is 4.18. The van der Waals surface area contributed by atoms with Crippen molar-refractivity contribution in [2.45, 2.75) is 32.3 Å². The van der Waals surface area contributed by atoms with Gasteiger partial charge in [-0.3, -0.25) is 0 Å². The first-order valence-electron chi connectivity index (χ1n) is 4.28. The molecule has 0 saturated heterocycles. The Bertz CT molecular complexity index is 250. The fourth-order valence-electron chi connectivity index (χ4n) is 0.795. The second kappa shape index (κ2) is 5.19. The smallest absolute Gasteiger partial charge is 0.244 e. The van der Waals surface area contributed by atoms with E-state index in [2.05, 4.69) is 10.1 Å². The second-order valence-corrected chi connectivity index (χ2v) is 3.37. The van der Waals surface area contributed by atoms with Gasteiger partial charge in [0.1, 0.15) is 12.0 Å². The molecule has 5 heteroatoms. The number of halogens is 1. The van der Waals surface area contributed by atoms with Gasteiger partial charge in [0.2, 0.25) is 5.89 Å². The SMILES string of the molecule is CCCOCc1noc(C(C)Cl)n1. The monoisotopic (exact) mass is 204 g/mol. The fraction of sp³-hybridized carbons (Fsp3) is 0.750. The van der Waals surface area contributed by atoms with Crippen LogP contribution in [0.5, 0.6) is 0 Å². The van der Waals surface area contributed by atoms with Gasteiger partial charge in [-0.15, -0.1) is 11.6 Å². The molecule has 1 aromatic rings. The molecule has 0 saturated carbocycles. The zero-order chi connectivity index (χ0) is 9.68. The van der Waals surface area contributed by atoms with E-state index in [0.29, 0.717) is 24.9 Å². The highest BCUT2D eigenvalue weighted by molar-refractivity contribution is 6.20. The van der Waals surface area contributed by atoms with Crippen molar-refractivity contribution in [3.8, 4) is 0 Å². The fourth-order valence-corrected chi connectivity index (χ4v) is 0.884. The van der Waals surface area contributed by atoms with Gasteiger partial charge in [0.05, 0.1) is 0 Å². The molecule has 0 fully saturated rings. The van der Waals surface area contributed by atoms with Gasteiger partial charge in [0, 0.05) is 6.61 Å². The Balaban J connectivity index is 2.40. The standard InChI is InChI=1S/C8H13ClN2O2/c1-3-4-12-5-7-10-8(6(2)9)13-11-7/h6H,3-5H2,1-2H3. The lowest BCUT2D eigenvalue weighted by Gasteiger charge is -1.95. The van der Waals surface area contributed by atoms with Gasteiger partial charge in [-0.2, -0.15) is 4.98 Å². The molecule has 4 nitrogen and oxygen atoms in total. The second-order valence-electron chi connectivity index (χ2n) is 2.72. The predicted molar refractivity (Wildman–Crippen MR) is 48.5 cm³/mol. The van der Waals surface area contributed by atoms with Crippen LogP contribution in [-0.4, -0.2) is 16.7 Å². The van der Waals surface area contributed by atoms with Crippen molar-refractivity contribution in [3.63, 3.8) is 0 Å². The van der Waals surface area contributed by atoms with Gasteiger partial charge in [-0.1, -0.05) is 12.1 Å². The molecule has 1 unspecified atom stereocenters. The highest BCUT2D eigenvalue weighted by Gasteiger charge is 2.10. The number of ether oxygens (including phenoxy) is 1. The zero-order valence-corrected chi connectivity index (χ0v) is 8.54. The molecule has 13 heavy (non-hydrogen) atoms. The van der Waals surface area contributed by atoms with Crippen LogP contribution in [0.2, 0.25) is 0 Å². The highest BCUT2D eigenvalue weighted by atomic mass is 35.5. The summed E-state index contributed by atoms with van der Waals surface area (Å²) in [5, 5.41) is 3.47. The number of aromatic nitrogens is 2. The Labute approximate surface area is 82.2 Å². The zero-order valence-electron chi connectivity index (χ0n) is 7.79. The Morgan fingerprint density at radius 3 is 2.92 bits per heavy atom. The van der Waals surface area contributed by atoms with E-state index >= 15 is 0 Å². The van der Waals surface area contributed by atoms with E-state index in [9.17, 15) is 0 Å². The lowest BCUT2D eigenvalue weighted by atomic mass is 10.5. The quantitative estimate of drug-likeness (QED) is 0.546. The molecule has 0 aliphatic carbocycles. The molecule has 1 rings (SSSR count). The number of hydrogen-bond donors (Lipinski definition) is 0. The van der Waals surface area contributed by atoms with E-state index in [-0.39, 0.29) is 5.38 Å². The van der Waals surface area contributed by atoms with E-state index in [1.54, 1.807) is 6.92 Å². The van der Waals surface area contributed by atoms with E-state index < -0.39 is 0 Å². The Hall–Kier alpha value is -0.610. The molecular weight excluding hydrogens is 192 g/mol. The van der Waals surface area contributed by atoms with Gasteiger partial charge >= 0.3 is 0 Å². The predicted octanol–water partition coefficient (Wildman–Crippen LogP) is 2.30. The van der Waals surface area contributed by atoms with E-state index in [1.807, 2.05) is 6.92 Å². The number of hydrogen-bond acceptors (Lipinski definition) is 4. The van der Waals surface area contributed by atoms with Gasteiger partial charge in [-0.25, -0.2) is 0 Å². The molecule has 1 atom stereocenters. The summed E-state index contributed by atoms with van der Waals surface area (Å²) in [5.74, 6) is 0.993. The summed E-state index contributed by atoms with van der Waals surface area (Å²) in [6.45, 7) is 4.93. The Morgan fingerprint density at radius 2 is 2.38 bits per heavy atom. The van der Waals surface area contributed by atoms with Gasteiger partial charge in [-0.05, 0) is 13.3 Å². The first-order valence-corrected chi connectivity index (χ1v) is 4.72. The van der Waals surface area contributed by atoms with Crippen LogP contribution in [0.15, 0.2) is 4.52 Å². The van der Waals surface area contributed by atoms with Crippen molar-refractivity contribution < 1.29 is 9.26 Å². The maximum absolute atomic E-state index is 5.74. The third kappa shape index (κ3) is 3.32. The normalized spacial score (nSPS) is 13.2. The molecule has 1 heterocycles. The molecular formula is C8H13ClN2O2. The van der Waals surface area contributed by atoms with Gasteiger partial charge in [0.25, 0.3) is 0 Å². The summed E-state index contributed by atoms with van der Waals surface area (Å²) in [4.78, 5) is 4.05. The largest absolute Gasteiger partial charge is 0.373 e. The number of rotatable bonds is 5. The van der Waals surface area contributed by atoms with Gasteiger partial charge in [0.15, 0.2) is 5.82 Å². The minimum atomic E-state index is -0.243. The van der Waals surface area contributed by atoms with Crippen LogP contribution >= 0.6 is 11.6 Å². The first-order chi connectivity index (χ1) is 6.24. The number of nitrogens with zero attached hydrogens (tertiary/aromatic N) is 2. The maximum atomic E-state index is 5.74. The van der Waals surface area contributed by atoms with E-state index in [1.165, 1.54) is 0 Å². The summed E-state index contributed by atoms with van der Waals surface area (Å²) in [6, 6.07) is 0. The van der Waals surface area contributed by atoms with Crippen LogP contribution in [0.3, 0.4) is 0 Å². The molecule has 0 radical (unpaired) electrons. The van der Waals surface area contributed by atoms with Crippen LogP contribution in [0.1, 0.15) is 37.4 Å². The summed E-state index contributed by atoms with van der Waals surface area (Å²) in [6.07, 6.45) is 0.983. The number of alkyl halides is 1.